The van der Waals surface area contributed by atoms with Crippen molar-refractivity contribution < 1.29 is 14.2 Å². The molecule has 4 rings (SSSR count). The molecule has 7 heteroatoms. The van der Waals surface area contributed by atoms with E-state index in [0.717, 1.165) is 54.7 Å². The van der Waals surface area contributed by atoms with Crippen LogP contribution in [0.1, 0.15) is 68.2 Å². The fourth-order valence-electron chi connectivity index (χ4n) is 4.33. The van der Waals surface area contributed by atoms with Crippen LogP contribution in [0, 0.1) is 11.3 Å². The predicted molar refractivity (Wildman–Crippen MR) is 112 cm³/mol. The van der Waals surface area contributed by atoms with Crippen LogP contribution in [-0.2, 0) is 6.42 Å². The van der Waals surface area contributed by atoms with Gasteiger partial charge < -0.3 is 19.9 Å². The van der Waals surface area contributed by atoms with Gasteiger partial charge in [0.05, 0.1) is 19.1 Å². The fraction of sp³-hybridized carbons (Fsp3) is 0.478. The van der Waals surface area contributed by atoms with Gasteiger partial charge in [0, 0.05) is 11.3 Å². The Morgan fingerprint density at radius 3 is 2.80 bits per heavy atom. The maximum absolute atomic E-state index is 9.84. The van der Waals surface area contributed by atoms with E-state index in [0.29, 0.717) is 17.2 Å². The van der Waals surface area contributed by atoms with Crippen LogP contribution >= 0.6 is 0 Å². The smallest absolute Gasteiger partial charge is 0.244 e. The Kier molecular flexibility index (Phi) is 5.84. The SMILES string of the molecule is CCCCc1[nH]nc2c1C(c1ccc(OC3CCCC3)c(OC)c1)C(C#N)=C(N)O2. The maximum Gasteiger partial charge on any atom is 0.244 e. The predicted octanol–water partition coefficient (Wildman–Crippen LogP) is 4.30. The highest BCUT2D eigenvalue weighted by Gasteiger charge is 2.35. The number of hydrogen-bond acceptors (Lipinski definition) is 6. The number of allylic oxidation sites excluding steroid dienone is 1. The number of nitrogens with zero attached hydrogens (tertiary/aromatic N) is 2. The first-order valence-corrected chi connectivity index (χ1v) is 10.7. The number of rotatable bonds is 7. The first kappa shape index (κ1) is 20.1. The van der Waals surface area contributed by atoms with E-state index < -0.39 is 0 Å². The first-order chi connectivity index (χ1) is 14.7. The van der Waals surface area contributed by atoms with E-state index in [1.165, 1.54) is 12.8 Å². The molecular formula is C23H28N4O3. The molecule has 1 aliphatic heterocycles. The second-order valence-electron chi connectivity index (χ2n) is 7.88. The summed E-state index contributed by atoms with van der Waals surface area (Å²) in [5.74, 6) is 1.55. The van der Waals surface area contributed by atoms with Crippen molar-refractivity contribution in [2.24, 2.45) is 5.73 Å². The van der Waals surface area contributed by atoms with Gasteiger partial charge in [-0.05, 0) is 56.2 Å². The van der Waals surface area contributed by atoms with Crippen LogP contribution in [0.2, 0.25) is 0 Å². The molecule has 2 heterocycles. The zero-order valence-electron chi connectivity index (χ0n) is 17.5. The lowest BCUT2D eigenvalue weighted by atomic mass is 9.83. The van der Waals surface area contributed by atoms with Gasteiger partial charge in [0.25, 0.3) is 0 Å². The lowest BCUT2D eigenvalue weighted by Gasteiger charge is -2.25. The molecule has 1 aromatic heterocycles. The van der Waals surface area contributed by atoms with Crippen molar-refractivity contribution in [2.45, 2.75) is 63.9 Å². The Bertz CT molecular complexity index is 983. The molecule has 2 aliphatic rings. The van der Waals surface area contributed by atoms with Crippen LogP contribution in [0.4, 0.5) is 0 Å². The molecular weight excluding hydrogens is 380 g/mol. The Balaban J connectivity index is 1.74. The van der Waals surface area contributed by atoms with E-state index in [9.17, 15) is 5.26 Å². The molecule has 3 N–H and O–H groups in total. The number of hydrogen-bond donors (Lipinski definition) is 2. The molecule has 0 spiro atoms. The highest BCUT2D eigenvalue weighted by atomic mass is 16.5. The topological polar surface area (TPSA) is 106 Å². The fourth-order valence-corrected chi connectivity index (χ4v) is 4.33. The molecule has 1 unspecified atom stereocenters. The summed E-state index contributed by atoms with van der Waals surface area (Å²) in [6.45, 7) is 2.14. The third-order valence-corrected chi connectivity index (χ3v) is 5.92. The summed E-state index contributed by atoms with van der Waals surface area (Å²) >= 11 is 0. The highest BCUT2D eigenvalue weighted by Crippen LogP contribution is 2.45. The molecule has 1 aromatic carbocycles. The van der Waals surface area contributed by atoms with E-state index in [2.05, 4.69) is 23.2 Å². The number of nitriles is 1. The molecule has 0 bridgehead atoms. The minimum atomic E-state index is -0.362. The number of H-pyrrole nitrogens is 1. The number of aryl methyl sites for hydroxylation is 1. The minimum absolute atomic E-state index is 0.0915. The third-order valence-electron chi connectivity index (χ3n) is 5.92. The standard InChI is InChI=1S/C23H28N4O3/c1-3-4-9-17-21-20(16(13-24)22(25)30-23(21)27-26-17)14-10-11-18(19(12-14)28-2)29-15-7-5-6-8-15/h10-12,15,20H,3-9,25H2,1-2H3,(H,26,27). The van der Waals surface area contributed by atoms with E-state index in [1.54, 1.807) is 7.11 Å². The summed E-state index contributed by atoms with van der Waals surface area (Å²) in [7, 11) is 1.63. The van der Waals surface area contributed by atoms with Crippen LogP contribution in [-0.4, -0.2) is 23.4 Å². The van der Waals surface area contributed by atoms with Crippen molar-refractivity contribution in [1.29, 1.82) is 5.26 Å². The first-order valence-electron chi connectivity index (χ1n) is 10.7. The number of benzene rings is 1. The molecule has 1 fully saturated rings. The van der Waals surface area contributed by atoms with Gasteiger partial charge in [-0.2, -0.15) is 5.26 Å². The van der Waals surface area contributed by atoms with Crippen LogP contribution in [0.15, 0.2) is 29.7 Å². The number of fused-ring (bicyclic) bond motifs is 1. The molecule has 158 valence electrons. The normalized spacial score (nSPS) is 18.6. The third kappa shape index (κ3) is 3.70. The zero-order valence-corrected chi connectivity index (χ0v) is 17.5. The molecule has 1 saturated carbocycles. The van der Waals surface area contributed by atoms with Gasteiger partial charge in [-0.3, -0.25) is 5.10 Å². The number of nitrogens with two attached hydrogens (primary N) is 1. The van der Waals surface area contributed by atoms with Crippen molar-refractivity contribution in [3.8, 4) is 23.4 Å². The monoisotopic (exact) mass is 408 g/mol. The summed E-state index contributed by atoms with van der Waals surface area (Å²) in [5, 5.41) is 17.2. The van der Waals surface area contributed by atoms with E-state index in [1.807, 2.05) is 18.2 Å². The summed E-state index contributed by atoms with van der Waals surface area (Å²) in [6, 6.07) is 8.09. The average Bonchev–Trinajstić information content (AvgIpc) is 3.41. The summed E-state index contributed by atoms with van der Waals surface area (Å²) < 4.78 is 17.5. The molecule has 1 atom stereocenters. The van der Waals surface area contributed by atoms with Gasteiger partial charge in [0.2, 0.25) is 11.8 Å². The van der Waals surface area contributed by atoms with Crippen molar-refractivity contribution in [1.82, 2.24) is 10.2 Å². The van der Waals surface area contributed by atoms with Crippen LogP contribution < -0.4 is 19.9 Å². The maximum atomic E-state index is 9.84. The van der Waals surface area contributed by atoms with Crippen LogP contribution in [0.5, 0.6) is 17.4 Å². The Hall–Kier alpha value is -3.14. The molecule has 0 radical (unpaired) electrons. The van der Waals surface area contributed by atoms with Gasteiger partial charge >= 0.3 is 0 Å². The van der Waals surface area contributed by atoms with Gasteiger partial charge in [-0.25, -0.2) is 0 Å². The van der Waals surface area contributed by atoms with Crippen LogP contribution in [0.3, 0.4) is 0 Å². The Morgan fingerprint density at radius 1 is 1.30 bits per heavy atom. The number of aromatic amines is 1. The van der Waals surface area contributed by atoms with Gasteiger partial charge in [0.15, 0.2) is 11.5 Å². The lowest BCUT2D eigenvalue weighted by molar-refractivity contribution is 0.200. The number of unbranched alkanes of at least 4 members (excludes halogenated alkanes) is 1. The number of aromatic nitrogens is 2. The van der Waals surface area contributed by atoms with Gasteiger partial charge in [-0.15, -0.1) is 5.10 Å². The second-order valence-corrected chi connectivity index (χ2v) is 7.88. The van der Waals surface area contributed by atoms with Gasteiger partial charge in [0.1, 0.15) is 11.6 Å². The van der Waals surface area contributed by atoms with Gasteiger partial charge in [-0.1, -0.05) is 19.4 Å². The van der Waals surface area contributed by atoms with Crippen molar-refractivity contribution in [3.05, 3.63) is 46.5 Å². The largest absolute Gasteiger partial charge is 0.493 e. The molecule has 0 amide bonds. The minimum Gasteiger partial charge on any atom is -0.493 e. The quantitative estimate of drug-likeness (QED) is 0.707. The summed E-state index contributed by atoms with van der Waals surface area (Å²) in [4.78, 5) is 0. The van der Waals surface area contributed by atoms with Crippen LogP contribution in [0.25, 0.3) is 0 Å². The van der Waals surface area contributed by atoms with Crippen molar-refractivity contribution >= 4 is 0 Å². The molecule has 0 saturated heterocycles. The Morgan fingerprint density at radius 2 is 2.10 bits per heavy atom. The van der Waals surface area contributed by atoms with Crippen molar-refractivity contribution in [2.75, 3.05) is 7.11 Å². The number of nitrogens with one attached hydrogen (secondary N) is 1. The molecule has 2 aromatic rings. The van der Waals surface area contributed by atoms with Crippen molar-refractivity contribution in [3.63, 3.8) is 0 Å². The van der Waals surface area contributed by atoms with E-state index in [-0.39, 0.29) is 17.9 Å². The summed E-state index contributed by atoms with van der Waals surface area (Å²) in [5.41, 5.74) is 9.21. The van der Waals surface area contributed by atoms with E-state index in [4.69, 9.17) is 19.9 Å². The molecule has 1 aliphatic carbocycles. The summed E-state index contributed by atoms with van der Waals surface area (Å²) in [6.07, 6.45) is 7.68. The molecule has 30 heavy (non-hydrogen) atoms. The second kappa shape index (κ2) is 8.70. The highest BCUT2D eigenvalue weighted by molar-refractivity contribution is 5.57. The Labute approximate surface area is 176 Å². The number of methoxy groups -OCH3 is 1. The average molecular weight is 409 g/mol. The molecule has 7 nitrogen and oxygen atoms in total. The number of ether oxygens (including phenoxy) is 3. The zero-order chi connectivity index (χ0) is 21.1. The lowest BCUT2D eigenvalue weighted by Crippen LogP contribution is -2.21. The van der Waals surface area contributed by atoms with E-state index >= 15 is 0 Å².